The van der Waals surface area contributed by atoms with Crippen LogP contribution in [0.3, 0.4) is 0 Å². The molecule has 1 atom stereocenters. The lowest BCUT2D eigenvalue weighted by Gasteiger charge is -2.35. The van der Waals surface area contributed by atoms with Gasteiger partial charge in [-0.1, -0.05) is 18.2 Å². The summed E-state index contributed by atoms with van der Waals surface area (Å²) in [6.45, 7) is 9.24. The van der Waals surface area contributed by atoms with E-state index in [1.165, 1.54) is 0 Å². The fourth-order valence-corrected chi connectivity index (χ4v) is 4.50. The molecule has 156 valence electrons. The van der Waals surface area contributed by atoms with E-state index < -0.39 is 6.10 Å². The molecule has 0 unspecified atom stereocenters. The number of para-hydroxylation sites is 1. The third-order valence-corrected chi connectivity index (χ3v) is 6.24. The molecular weight excluding hydrogens is 388 g/mol. The minimum absolute atomic E-state index is 0.0423. The number of carbonyl (C=O) groups excluding carboxylic acids is 1. The monoisotopic (exact) mass is 416 g/mol. The van der Waals surface area contributed by atoms with Gasteiger partial charge in [-0.25, -0.2) is 4.98 Å². The number of morpholine rings is 1. The summed E-state index contributed by atoms with van der Waals surface area (Å²) in [5, 5.41) is 3.20. The van der Waals surface area contributed by atoms with Crippen molar-refractivity contribution in [2.75, 3.05) is 57.4 Å². The number of hydrogen-bond donors (Lipinski definition) is 0. The van der Waals surface area contributed by atoms with Gasteiger partial charge in [0.05, 0.1) is 18.9 Å². The molecule has 0 bridgehead atoms. The summed E-state index contributed by atoms with van der Waals surface area (Å²) in [5.74, 6) is 0.767. The van der Waals surface area contributed by atoms with Gasteiger partial charge in [0, 0.05) is 51.2 Å². The van der Waals surface area contributed by atoms with Gasteiger partial charge >= 0.3 is 0 Å². The fraction of sp³-hybridized carbons (Fsp3) is 0.524. The van der Waals surface area contributed by atoms with Gasteiger partial charge in [0.2, 0.25) is 0 Å². The van der Waals surface area contributed by atoms with Gasteiger partial charge in [0.1, 0.15) is 5.75 Å². The molecule has 7 nitrogen and oxygen atoms in total. The summed E-state index contributed by atoms with van der Waals surface area (Å²) >= 11 is 1.69. The minimum atomic E-state index is -0.482. The van der Waals surface area contributed by atoms with Crippen LogP contribution >= 0.6 is 11.3 Å². The summed E-state index contributed by atoms with van der Waals surface area (Å²) < 4.78 is 11.2. The number of benzene rings is 1. The van der Waals surface area contributed by atoms with Crippen LogP contribution in [0.15, 0.2) is 35.7 Å². The van der Waals surface area contributed by atoms with Crippen molar-refractivity contribution >= 4 is 22.4 Å². The maximum absolute atomic E-state index is 12.7. The Hall–Kier alpha value is -2.16. The molecule has 2 aliphatic heterocycles. The Labute approximate surface area is 175 Å². The van der Waals surface area contributed by atoms with Crippen LogP contribution < -0.4 is 9.64 Å². The first-order chi connectivity index (χ1) is 14.2. The molecule has 0 saturated carbocycles. The van der Waals surface area contributed by atoms with E-state index in [4.69, 9.17) is 14.5 Å². The third-order valence-electron chi connectivity index (χ3n) is 5.29. The Morgan fingerprint density at radius 2 is 1.86 bits per heavy atom. The van der Waals surface area contributed by atoms with Crippen molar-refractivity contribution in [1.82, 2.24) is 14.8 Å². The lowest BCUT2D eigenvalue weighted by Crippen LogP contribution is -2.52. The Kier molecular flexibility index (Phi) is 6.63. The van der Waals surface area contributed by atoms with Crippen molar-refractivity contribution in [3.63, 3.8) is 0 Å². The average Bonchev–Trinajstić information content (AvgIpc) is 3.23. The highest BCUT2D eigenvalue weighted by Gasteiger charge is 2.27. The van der Waals surface area contributed by atoms with Crippen molar-refractivity contribution in [3.05, 3.63) is 41.4 Å². The largest absolute Gasteiger partial charge is 0.481 e. The molecule has 8 heteroatoms. The quantitative estimate of drug-likeness (QED) is 0.719. The van der Waals surface area contributed by atoms with Gasteiger partial charge in [0.15, 0.2) is 11.2 Å². The van der Waals surface area contributed by atoms with Crippen LogP contribution in [0.25, 0.3) is 0 Å². The SMILES string of the molecule is C[C@@H](Oc1ccccc1)C(=O)N1CCN(c2nc(CN3CCOCC3)cs2)CC1. The summed E-state index contributed by atoms with van der Waals surface area (Å²) in [5.41, 5.74) is 1.12. The molecule has 0 N–H and O–H groups in total. The Bertz CT molecular complexity index is 786. The topological polar surface area (TPSA) is 58.1 Å². The highest BCUT2D eigenvalue weighted by molar-refractivity contribution is 7.13. The van der Waals surface area contributed by atoms with E-state index in [1.807, 2.05) is 42.2 Å². The van der Waals surface area contributed by atoms with Crippen LogP contribution in [0.2, 0.25) is 0 Å². The van der Waals surface area contributed by atoms with Gasteiger partial charge < -0.3 is 19.3 Å². The van der Waals surface area contributed by atoms with Crippen LogP contribution in [-0.2, 0) is 16.1 Å². The lowest BCUT2D eigenvalue weighted by atomic mass is 10.2. The average molecular weight is 417 g/mol. The maximum Gasteiger partial charge on any atom is 0.263 e. The predicted molar refractivity (Wildman–Crippen MR) is 114 cm³/mol. The second-order valence-electron chi connectivity index (χ2n) is 7.40. The zero-order valence-electron chi connectivity index (χ0n) is 16.8. The zero-order chi connectivity index (χ0) is 20.1. The van der Waals surface area contributed by atoms with Crippen molar-refractivity contribution in [2.24, 2.45) is 0 Å². The number of carbonyl (C=O) groups is 1. The summed E-state index contributed by atoms with van der Waals surface area (Å²) in [7, 11) is 0. The number of rotatable bonds is 6. The van der Waals surface area contributed by atoms with Crippen LogP contribution in [0.5, 0.6) is 5.75 Å². The molecule has 3 heterocycles. The van der Waals surface area contributed by atoms with Crippen LogP contribution in [0.1, 0.15) is 12.6 Å². The van der Waals surface area contributed by atoms with Gasteiger partial charge in [-0.05, 0) is 19.1 Å². The van der Waals surface area contributed by atoms with Gasteiger partial charge in [-0.15, -0.1) is 11.3 Å². The second kappa shape index (κ2) is 9.56. The van der Waals surface area contributed by atoms with Gasteiger partial charge in [0.25, 0.3) is 5.91 Å². The van der Waals surface area contributed by atoms with E-state index in [2.05, 4.69) is 15.2 Å². The first-order valence-corrected chi connectivity index (χ1v) is 11.1. The molecule has 2 aromatic rings. The van der Waals surface area contributed by atoms with Gasteiger partial charge in [-0.3, -0.25) is 9.69 Å². The molecule has 1 amide bonds. The van der Waals surface area contributed by atoms with E-state index in [0.29, 0.717) is 13.1 Å². The normalized spacial score (nSPS) is 19.2. The molecule has 2 aliphatic rings. The molecule has 2 saturated heterocycles. The summed E-state index contributed by atoms with van der Waals surface area (Å²) in [4.78, 5) is 24.1. The smallest absolute Gasteiger partial charge is 0.263 e. The van der Waals surface area contributed by atoms with Crippen molar-refractivity contribution in [2.45, 2.75) is 19.6 Å². The molecule has 0 radical (unpaired) electrons. The highest BCUT2D eigenvalue weighted by Crippen LogP contribution is 2.23. The molecule has 4 rings (SSSR count). The Balaban J connectivity index is 1.26. The Morgan fingerprint density at radius 1 is 1.14 bits per heavy atom. The molecular formula is C21H28N4O3S. The van der Waals surface area contributed by atoms with E-state index >= 15 is 0 Å². The fourth-order valence-electron chi connectivity index (χ4n) is 3.63. The Morgan fingerprint density at radius 3 is 2.59 bits per heavy atom. The first-order valence-electron chi connectivity index (χ1n) is 10.2. The van der Waals surface area contributed by atoms with E-state index in [1.54, 1.807) is 11.3 Å². The first kappa shape index (κ1) is 20.1. The molecule has 2 fully saturated rings. The number of aromatic nitrogens is 1. The van der Waals surface area contributed by atoms with E-state index in [0.717, 1.165) is 62.5 Å². The number of piperazine rings is 1. The number of nitrogens with zero attached hydrogens (tertiary/aromatic N) is 4. The number of ether oxygens (including phenoxy) is 2. The van der Waals surface area contributed by atoms with Gasteiger partial charge in [-0.2, -0.15) is 0 Å². The van der Waals surface area contributed by atoms with E-state index in [9.17, 15) is 4.79 Å². The van der Waals surface area contributed by atoms with Crippen LogP contribution in [-0.4, -0.2) is 79.3 Å². The van der Waals surface area contributed by atoms with E-state index in [-0.39, 0.29) is 5.91 Å². The molecule has 0 spiro atoms. The molecule has 1 aromatic carbocycles. The lowest BCUT2D eigenvalue weighted by molar-refractivity contribution is -0.138. The number of hydrogen-bond acceptors (Lipinski definition) is 7. The predicted octanol–water partition coefficient (Wildman–Crippen LogP) is 2.09. The molecule has 1 aromatic heterocycles. The van der Waals surface area contributed by atoms with Crippen LogP contribution in [0, 0.1) is 0 Å². The van der Waals surface area contributed by atoms with Crippen molar-refractivity contribution in [3.8, 4) is 5.75 Å². The molecule has 0 aliphatic carbocycles. The zero-order valence-corrected chi connectivity index (χ0v) is 17.6. The molecule has 29 heavy (non-hydrogen) atoms. The number of amides is 1. The minimum Gasteiger partial charge on any atom is -0.481 e. The third kappa shape index (κ3) is 5.26. The van der Waals surface area contributed by atoms with Crippen LogP contribution in [0.4, 0.5) is 5.13 Å². The van der Waals surface area contributed by atoms with Crippen molar-refractivity contribution < 1.29 is 14.3 Å². The summed E-state index contributed by atoms with van der Waals surface area (Å²) in [6, 6.07) is 9.50. The number of thiazole rings is 1. The summed E-state index contributed by atoms with van der Waals surface area (Å²) in [6.07, 6.45) is -0.482. The standard InChI is InChI=1S/C21H28N4O3S/c1-17(28-19-5-3-2-4-6-19)20(26)24-7-9-25(10-8-24)21-22-18(16-29-21)15-23-11-13-27-14-12-23/h2-6,16-17H,7-15H2,1H3/t17-/m1/s1. The van der Waals surface area contributed by atoms with Crippen molar-refractivity contribution in [1.29, 1.82) is 0 Å². The highest BCUT2D eigenvalue weighted by atomic mass is 32.1. The number of anilines is 1. The second-order valence-corrected chi connectivity index (χ2v) is 8.23. The maximum atomic E-state index is 12.7.